The van der Waals surface area contributed by atoms with E-state index in [9.17, 15) is 28.8 Å². The lowest BCUT2D eigenvalue weighted by molar-refractivity contribution is -0.134. The summed E-state index contributed by atoms with van der Waals surface area (Å²) in [6.45, 7) is 5.01. The molecule has 0 saturated carbocycles. The number of benzene rings is 1. The van der Waals surface area contributed by atoms with E-state index in [0.717, 1.165) is 0 Å². The van der Waals surface area contributed by atoms with Crippen molar-refractivity contribution in [3.8, 4) is 0 Å². The molecule has 3 atom stereocenters. The van der Waals surface area contributed by atoms with Gasteiger partial charge in [-0.2, -0.15) is 0 Å². The number of amides is 7. The summed E-state index contributed by atoms with van der Waals surface area (Å²) in [5.41, 5.74) is 16.5. The van der Waals surface area contributed by atoms with Crippen molar-refractivity contribution in [1.29, 1.82) is 0 Å². The van der Waals surface area contributed by atoms with Crippen LogP contribution < -0.4 is 43.8 Å². The Kier molecular flexibility index (Phi) is 15.9. The second-order valence-electron chi connectivity index (χ2n) is 9.64. The average molecular weight is 595 g/mol. The molecule has 0 spiro atoms. The predicted molar refractivity (Wildman–Crippen MR) is 152 cm³/mol. The lowest BCUT2D eigenvalue weighted by Crippen LogP contribution is -2.58. The largest absolute Gasteiger partial charge is 0.445 e. The SMILES string of the molecule is CC(=O)N[C@H](COCCN)C(=O)N[C@H](C(=O)NC(CCCNC(N)=O)C(=O)Nc1ccc(COC(N)=O)cc1)C(C)C. The van der Waals surface area contributed by atoms with Crippen LogP contribution in [0.3, 0.4) is 0 Å². The summed E-state index contributed by atoms with van der Waals surface area (Å²) in [4.78, 5) is 72.9. The Bertz CT molecular complexity index is 1070. The molecule has 1 aromatic rings. The summed E-state index contributed by atoms with van der Waals surface area (Å²) >= 11 is 0. The van der Waals surface area contributed by atoms with E-state index in [1.54, 1.807) is 38.1 Å². The third-order valence-electron chi connectivity index (χ3n) is 5.69. The Hall–Kier alpha value is -4.44. The van der Waals surface area contributed by atoms with Gasteiger partial charge >= 0.3 is 12.1 Å². The van der Waals surface area contributed by atoms with Gasteiger partial charge in [0.05, 0.1) is 13.2 Å². The number of rotatable bonds is 18. The molecule has 1 rings (SSSR count). The fourth-order valence-corrected chi connectivity index (χ4v) is 3.62. The van der Waals surface area contributed by atoms with Crippen LogP contribution in [-0.2, 0) is 35.3 Å². The van der Waals surface area contributed by atoms with Crippen molar-refractivity contribution in [3.05, 3.63) is 29.8 Å². The van der Waals surface area contributed by atoms with E-state index in [4.69, 9.17) is 26.7 Å². The van der Waals surface area contributed by atoms with Crippen LogP contribution in [0.4, 0.5) is 15.3 Å². The second kappa shape index (κ2) is 18.8. The van der Waals surface area contributed by atoms with Gasteiger partial charge < -0.3 is 53.3 Å². The topological polar surface area (TPSA) is 259 Å². The molecule has 0 aliphatic rings. The molecule has 1 aromatic carbocycles. The van der Waals surface area contributed by atoms with Crippen LogP contribution >= 0.6 is 0 Å². The molecule has 11 N–H and O–H groups in total. The number of nitrogens with one attached hydrogen (secondary N) is 5. The molecule has 0 fully saturated rings. The summed E-state index contributed by atoms with van der Waals surface area (Å²) in [5, 5.41) is 12.9. The molecule has 0 aliphatic carbocycles. The highest BCUT2D eigenvalue weighted by Crippen LogP contribution is 2.13. The van der Waals surface area contributed by atoms with Crippen LogP contribution in [0.15, 0.2) is 24.3 Å². The van der Waals surface area contributed by atoms with Crippen molar-refractivity contribution in [3.63, 3.8) is 0 Å². The lowest BCUT2D eigenvalue weighted by atomic mass is 10.0. The van der Waals surface area contributed by atoms with Gasteiger partial charge in [0.2, 0.25) is 23.6 Å². The normalized spacial score (nSPS) is 12.8. The summed E-state index contributed by atoms with van der Waals surface area (Å²) < 4.78 is 10.0. The van der Waals surface area contributed by atoms with Gasteiger partial charge in [-0.25, -0.2) is 9.59 Å². The molecule has 42 heavy (non-hydrogen) atoms. The number of primary amides is 2. The number of anilines is 1. The van der Waals surface area contributed by atoms with E-state index in [2.05, 4.69) is 26.6 Å². The number of carbonyl (C=O) groups excluding carboxylic acids is 6. The standard InChI is InChI=1S/C26H42N8O8/c1-15(2)21(34-23(37)20(31-16(3)35)14-41-12-10-27)24(38)33-19(5-4-11-30-25(28)39)22(36)32-18-8-6-17(7-9-18)13-42-26(29)40/h6-9,15,19-21H,4-5,10-14,27H2,1-3H3,(H2,29,40)(H,31,35)(H,32,36)(H,33,38)(H,34,37)(H3,28,30,39)/t19?,20-,21+/m1/s1. The highest BCUT2D eigenvalue weighted by molar-refractivity contribution is 5.99. The van der Waals surface area contributed by atoms with E-state index in [1.165, 1.54) is 6.92 Å². The van der Waals surface area contributed by atoms with Crippen LogP contribution in [0.5, 0.6) is 0 Å². The zero-order valence-electron chi connectivity index (χ0n) is 24.1. The Morgan fingerprint density at radius 2 is 1.55 bits per heavy atom. The van der Waals surface area contributed by atoms with E-state index < -0.39 is 59.8 Å². The number of ether oxygens (including phenoxy) is 2. The highest BCUT2D eigenvalue weighted by Gasteiger charge is 2.31. The smallest absolute Gasteiger partial charge is 0.404 e. The highest BCUT2D eigenvalue weighted by atomic mass is 16.5. The number of urea groups is 1. The van der Waals surface area contributed by atoms with Crippen LogP contribution in [0, 0.1) is 5.92 Å². The van der Waals surface area contributed by atoms with Crippen LogP contribution in [-0.4, -0.2) is 80.2 Å². The van der Waals surface area contributed by atoms with Crippen molar-refractivity contribution < 1.29 is 38.2 Å². The van der Waals surface area contributed by atoms with Gasteiger partial charge in [0.1, 0.15) is 24.7 Å². The molecule has 234 valence electrons. The number of nitrogens with two attached hydrogens (primary N) is 3. The van der Waals surface area contributed by atoms with Gasteiger partial charge in [-0.1, -0.05) is 26.0 Å². The molecule has 16 nitrogen and oxygen atoms in total. The van der Waals surface area contributed by atoms with Crippen molar-refractivity contribution in [1.82, 2.24) is 21.3 Å². The van der Waals surface area contributed by atoms with Gasteiger partial charge in [0.15, 0.2) is 0 Å². The van der Waals surface area contributed by atoms with Crippen molar-refractivity contribution in [2.75, 3.05) is 31.6 Å². The molecule has 1 unspecified atom stereocenters. The zero-order valence-corrected chi connectivity index (χ0v) is 24.1. The predicted octanol–water partition coefficient (Wildman–Crippen LogP) is -1.23. The average Bonchev–Trinajstić information content (AvgIpc) is 2.91. The maximum absolute atomic E-state index is 13.3. The summed E-state index contributed by atoms with van der Waals surface area (Å²) in [7, 11) is 0. The first kappa shape index (κ1) is 35.6. The van der Waals surface area contributed by atoms with Gasteiger partial charge in [0, 0.05) is 25.7 Å². The molecule has 0 aliphatic heterocycles. The quantitative estimate of drug-likeness (QED) is 0.0945. The first-order valence-corrected chi connectivity index (χ1v) is 13.3. The van der Waals surface area contributed by atoms with E-state index >= 15 is 0 Å². The summed E-state index contributed by atoms with van der Waals surface area (Å²) in [5.74, 6) is -2.70. The number of hydrogen-bond acceptors (Lipinski definition) is 9. The minimum absolute atomic E-state index is 0.0423. The van der Waals surface area contributed by atoms with Gasteiger partial charge in [-0.3, -0.25) is 19.2 Å². The molecule has 0 heterocycles. The third-order valence-corrected chi connectivity index (χ3v) is 5.69. The second-order valence-corrected chi connectivity index (χ2v) is 9.64. The fraction of sp³-hybridized carbons (Fsp3) is 0.538. The summed E-state index contributed by atoms with van der Waals surface area (Å²) in [6, 6.07) is 2.49. The van der Waals surface area contributed by atoms with Gasteiger partial charge in [-0.15, -0.1) is 0 Å². The first-order chi connectivity index (χ1) is 19.8. The third kappa shape index (κ3) is 14.3. The molecule has 7 amide bonds. The minimum atomic E-state index is -1.07. The van der Waals surface area contributed by atoms with Gasteiger partial charge in [-0.05, 0) is 36.5 Å². The maximum atomic E-state index is 13.3. The molecule has 0 bridgehead atoms. The molecular weight excluding hydrogens is 552 g/mol. The Morgan fingerprint density at radius 3 is 2.10 bits per heavy atom. The monoisotopic (exact) mass is 594 g/mol. The van der Waals surface area contributed by atoms with E-state index in [0.29, 0.717) is 17.7 Å². The van der Waals surface area contributed by atoms with Crippen LogP contribution in [0.25, 0.3) is 0 Å². The number of carbonyl (C=O) groups is 6. The maximum Gasteiger partial charge on any atom is 0.404 e. The van der Waals surface area contributed by atoms with Crippen molar-refractivity contribution in [2.45, 2.75) is 58.3 Å². The Morgan fingerprint density at radius 1 is 0.881 bits per heavy atom. The molecule has 0 radical (unpaired) electrons. The Balaban J connectivity index is 3.01. The van der Waals surface area contributed by atoms with Crippen molar-refractivity contribution >= 4 is 41.4 Å². The molecular formula is C26H42N8O8. The summed E-state index contributed by atoms with van der Waals surface area (Å²) in [6.07, 6.45) is -0.493. The van der Waals surface area contributed by atoms with Gasteiger partial charge in [0.25, 0.3) is 0 Å². The molecule has 0 saturated heterocycles. The molecule has 16 heteroatoms. The zero-order chi connectivity index (χ0) is 31.7. The lowest BCUT2D eigenvalue weighted by Gasteiger charge is -2.27. The first-order valence-electron chi connectivity index (χ1n) is 13.3. The van der Waals surface area contributed by atoms with Crippen LogP contribution in [0.1, 0.15) is 39.2 Å². The molecule has 0 aromatic heterocycles. The fourth-order valence-electron chi connectivity index (χ4n) is 3.62. The van der Waals surface area contributed by atoms with E-state index in [-0.39, 0.29) is 39.3 Å². The van der Waals surface area contributed by atoms with E-state index in [1.807, 2.05) is 0 Å². The Labute approximate surface area is 244 Å². The van der Waals surface area contributed by atoms with Crippen molar-refractivity contribution in [2.24, 2.45) is 23.1 Å². The van der Waals surface area contributed by atoms with Crippen LogP contribution in [0.2, 0.25) is 0 Å². The minimum Gasteiger partial charge on any atom is -0.445 e. The number of hydrogen-bond donors (Lipinski definition) is 8.